The first-order valence-corrected chi connectivity index (χ1v) is 7.87. The van der Waals surface area contributed by atoms with Gasteiger partial charge >= 0.3 is 0 Å². The number of fused-ring (bicyclic) bond motifs is 2. The van der Waals surface area contributed by atoms with Crippen molar-refractivity contribution in [1.29, 1.82) is 0 Å². The summed E-state index contributed by atoms with van der Waals surface area (Å²) in [5.41, 5.74) is 1.90. The van der Waals surface area contributed by atoms with Crippen LogP contribution in [0.15, 0.2) is 24.3 Å². The number of amides is 1. The normalized spacial score (nSPS) is 26.3. The first kappa shape index (κ1) is 17.3. The van der Waals surface area contributed by atoms with Crippen molar-refractivity contribution in [3.8, 4) is 0 Å². The Morgan fingerprint density at radius 1 is 1.27 bits per heavy atom. The van der Waals surface area contributed by atoms with Crippen LogP contribution in [0.3, 0.4) is 0 Å². The minimum atomic E-state index is 0. The molecule has 0 aliphatic carbocycles. The first-order chi connectivity index (χ1) is 10.2. The van der Waals surface area contributed by atoms with Gasteiger partial charge in [0.25, 0.3) is 0 Å². The lowest BCUT2D eigenvalue weighted by Crippen LogP contribution is -2.39. The molecule has 5 heteroatoms. The summed E-state index contributed by atoms with van der Waals surface area (Å²) >= 11 is 0. The van der Waals surface area contributed by atoms with Gasteiger partial charge in [0, 0.05) is 36.9 Å². The Morgan fingerprint density at radius 3 is 2.64 bits per heavy atom. The van der Waals surface area contributed by atoms with Gasteiger partial charge < -0.3 is 15.4 Å². The number of rotatable bonds is 5. The lowest BCUT2D eigenvalue weighted by Gasteiger charge is -2.28. The highest BCUT2D eigenvalue weighted by molar-refractivity contribution is 5.91. The zero-order chi connectivity index (χ0) is 14.7. The van der Waals surface area contributed by atoms with Crippen molar-refractivity contribution in [1.82, 2.24) is 5.32 Å². The molecule has 122 valence electrons. The minimum absolute atomic E-state index is 0. The van der Waals surface area contributed by atoms with Crippen LogP contribution in [0.2, 0.25) is 0 Å². The van der Waals surface area contributed by atoms with E-state index in [0.29, 0.717) is 31.0 Å². The average molecular weight is 325 g/mol. The lowest BCUT2D eigenvalue weighted by atomic mass is 9.89. The number of para-hydroxylation sites is 1. The molecule has 4 nitrogen and oxygen atoms in total. The number of hydrogen-bond acceptors (Lipinski definition) is 3. The van der Waals surface area contributed by atoms with Crippen LogP contribution in [0.4, 0.5) is 5.69 Å². The topological polar surface area (TPSA) is 50.4 Å². The molecule has 1 aromatic rings. The van der Waals surface area contributed by atoms with E-state index in [2.05, 4.69) is 10.6 Å². The van der Waals surface area contributed by atoms with Crippen molar-refractivity contribution in [2.75, 3.05) is 12.4 Å². The molecule has 2 unspecified atom stereocenters. The van der Waals surface area contributed by atoms with E-state index in [1.54, 1.807) is 7.11 Å². The quantitative estimate of drug-likeness (QED) is 0.875. The molecule has 0 aromatic heterocycles. The van der Waals surface area contributed by atoms with E-state index in [-0.39, 0.29) is 18.3 Å². The molecule has 2 saturated heterocycles. The summed E-state index contributed by atoms with van der Waals surface area (Å²) in [6.07, 6.45) is 5.47. The molecule has 2 fully saturated rings. The Bertz CT molecular complexity index is 497. The Labute approximate surface area is 138 Å². The zero-order valence-electron chi connectivity index (χ0n) is 13.0. The third kappa shape index (κ3) is 4.22. The maximum atomic E-state index is 12.3. The Balaban J connectivity index is 0.00000176. The molecule has 3 rings (SSSR count). The lowest BCUT2D eigenvalue weighted by molar-refractivity contribution is -0.117. The van der Waals surface area contributed by atoms with Gasteiger partial charge in [0.1, 0.15) is 0 Å². The minimum Gasteiger partial charge on any atom is -0.380 e. The molecule has 2 heterocycles. The number of carbonyl (C=O) groups excluding carboxylic acids is 1. The molecule has 0 radical (unpaired) electrons. The van der Waals surface area contributed by atoms with Crippen LogP contribution in [0, 0.1) is 5.92 Å². The summed E-state index contributed by atoms with van der Waals surface area (Å²) in [6, 6.07) is 9.13. The Morgan fingerprint density at radius 2 is 1.95 bits per heavy atom. The summed E-state index contributed by atoms with van der Waals surface area (Å²) < 4.78 is 5.18. The van der Waals surface area contributed by atoms with Gasteiger partial charge in [0.15, 0.2) is 0 Å². The molecule has 2 aliphatic heterocycles. The van der Waals surface area contributed by atoms with Gasteiger partial charge in [-0.05, 0) is 37.7 Å². The van der Waals surface area contributed by atoms with Gasteiger partial charge in [-0.15, -0.1) is 12.4 Å². The highest BCUT2D eigenvalue weighted by Crippen LogP contribution is 2.32. The molecule has 1 aromatic carbocycles. The number of methoxy groups -OCH3 is 1. The number of anilines is 1. The van der Waals surface area contributed by atoms with E-state index in [9.17, 15) is 4.79 Å². The van der Waals surface area contributed by atoms with E-state index in [4.69, 9.17) is 4.74 Å². The molecular weight excluding hydrogens is 300 g/mol. The summed E-state index contributed by atoms with van der Waals surface area (Å²) in [6.45, 7) is 0.522. The highest BCUT2D eigenvalue weighted by atomic mass is 35.5. The summed E-state index contributed by atoms with van der Waals surface area (Å²) in [5, 5.41) is 6.67. The molecule has 1 amide bonds. The van der Waals surface area contributed by atoms with Crippen LogP contribution in [-0.2, 0) is 16.1 Å². The Kier molecular flexibility index (Phi) is 6.24. The summed E-state index contributed by atoms with van der Waals surface area (Å²) in [4.78, 5) is 12.3. The standard InChI is InChI=1S/C17H24N2O2.ClH/c1-21-11-13-4-2-3-5-16(13)19-17(20)10-12-8-14-6-7-15(9-12)18-14;/h2-5,12,14-15,18H,6-11H2,1H3,(H,19,20);1H. The Hall–Kier alpha value is -1.10. The zero-order valence-corrected chi connectivity index (χ0v) is 13.8. The van der Waals surface area contributed by atoms with Gasteiger partial charge in [-0.3, -0.25) is 4.79 Å². The van der Waals surface area contributed by atoms with Crippen LogP contribution < -0.4 is 10.6 Å². The number of piperidine rings is 1. The van der Waals surface area contributed by atoms with Crippen LogP contribution in [0.1, 0.15) is 37.7 Å². The molecule has 2 aliphatic rings. The molecule has 2 atom stereocenters. The fourth-order valence-corrected chi connectivity index (χ4v) is 3.73. The molecule has 22 heavy (non-hydrogen) atoms. The second kappa shape index (κ2) is 7.95. The van der Waals surface area contributed by atoms with Crippen LogP contribution in [-0.4, -0.2) is 25.1 Å². The molecular formula is C17H25ClN2O2. The molecule has 0 spiro atoms. The largest absolute Gasteiger partial charge is 0.380 e. The van der Waals surface area contributed by atoms with Gasteiger partial charge in [-0.2, -0.15) is 0 Å². The van der Waals surface area contributed by atoms with E-state index in [1.807, 2.05) is 24.3 Å². The van der Waals surface area contributed by atoms with Crippen molar-refractivity contribution >= 4 is 24.0 Å². The maximum Gasteiger partial charge on any atom is 0.224 e. The summed E-state index contributed by atoms with van der Waals surface area (Å²) in [5.74, 6) is 0.656. The number of ether oxygens (including phenoxy) is 1. The molecule has 2 N–H and O–H groups in total. The van der Waals surface area contributed by atoms with E-state index in [0.717, 1.165) is 24.1 Å². The van der Waals surface area contributed by atoms with Gasteiger partial charge in [0.2, 0.25) is 5.91 Å². The fourth-order valence-electron chi connectivity index (χ4n) is 3.73. The van der Waals surface area contributed by atoms with Gasteiger partial charge in [-0.1, -0.05) is 18.2 Å². The van der Waals surface area contributed by atoms with E-state index < -0.39 is 0 Å². The van der Waals surface area contributed by atoms with E-state index in [1.165, 1.54) is 12.8 Å². The van der Waals surface area contributed by atoms with Crippen molar-refractivity contribution in [2.24, 2.45) is 5.92 Å². The number of carbonyl (C=O) groups is 1. The maximum absolute atomic E-state index is 12.3. The predicted octanol–water partition coefficient (Wildman–Crippen LogP) is 3.11. The highest BCUT2D eigenvalue weighted by Gasteiger charge is 2.34. The third-order valence-electron chi connectivity index (χ3n) is 4.64. The van der Waals surface area contributed by atoms with Gasteiger partial charge in [0.05, 0.1) is 6.61 Å². The predicted molar refractivity (Wildman–Crippen MR) is 90.3 cm³/mol. The monoisotopic (exact) mass is 324 g/mol. The van der Waals surface area contributed by atoms with Gasteiger partial charge in [-0.25, -0.2) is 0 Å². The molecule has 2 bridgehead atoms. The number of benzene rings is 1. The van der Waals surface area contributed by atoms with Crippen molar-refractivity contribution in [3.63, 3.8) is 0 Å². The van der Waals surface area contributed by atoms with Crippen molar-refractivity contribution in [3.05, 3.63) is 29.8 Å². The second-order valence-electron chi connectivity index (χ2n) is 6.32. The summed E-state index contributed by atoms with van der Waals surface area (Å²) in [7, 11) is 1.67. The van der Waals surface area contributed by atoms with E-state index >= 15 is 0 Å². The number of halogens is 1. The smallest absolute Gasteiger partial charge is 0.224 e. The SMILES string of the molecule is COCc1ccccc1NC(=O)CC1CC2CCC(C1)N2.Cl. The number of nitrogens with one attached hydrogen (secondary N) is 2. The third-order valence-corrected chi connectivity index (χ3v) is 4.64. The molecule has 0 saturated carbocycles. The van der Waals surface area contributed by atoms with Crippen LogP contribution in [0.5, 0.6) is 0 Å². The first-order valence-electron chi connectivity index (χ1n) is 7.87. The number of hydrogen-bond donors (Lipinski definition) is 2. The fraction of sp³-hybridized carbons (Fsp3) is 0.588. The van der Waals surface area contributed by atoms with Crippen LogP contribution in [0.25, 0.3) is 0 Å². The van der Waals surface area contributed by atoms with Crippen molar-refractivity contribution < 1.29 is 9.53 Å². The second-order valence-corrected chi connectivity index (χ2v) is 6.32. The van der Waals surface area contributed by atoms with Crippen molar-refractivity contribution in [2.45, 2.75) is 50.8 Å². The van der Waals surface area contributed by atoms with Crippen LogP contribution >= 0.6 is 12.4 Å². The average Bonchev–Trinajstić information content (AvgIpc) is 2.80.